The second kappa shape index (κ2) is 3.52. The van der Waals surface area contributed by atoms with Crippen LogP contribution >= 0.6 is 0 Å². The van der Waals surface area contributed by atoms with Crippen LogP contribution in [-0.4, -0.2) is 26.5 Å². The maximum atomic E-state index is 12.6. The molecule has 76 valence electrons. The van der Waals surface area contributed by atoms with Crippen molar-refractivity contribution >= 4 is 5.97 Å². The number of hydrogen-bond donors (Lipinski definition) is 1. The molecule has 1 N–H and O–H groups in total. The highest BCUT2D eigenvalue weighted by atomic mass is 19.3. The summed E-state index contributed by atoms with van der Waals surface area (Å²) in [7, 11) is 0. The Kier molecular flexibility index (Phi) is 2.59. The summed E-state index contributed by atoms with van der Waals surface area (Å²) in [5, 5.41) is 8.11. The van der Waals surface area contributed by atoms with E-state index < -0.39 is 24.0 Å². The van der Waals surface area contributed by atoms with Crippen molar-refractivity contribution in [1.29, 1.82) is 0 Å². The van der Waals surface area contributed by atoms with Crippen molar-refractivity contribution in [3.05, 3.63) is 28.9 Å². The lowest BCUT2D eigenvalue weighted by molar-refractivity contribution is -0.166. The molecule has 5 nitrogen and oxygen atoms in total. The molecule has 0 saturated carbocycles. The molecule has 0 amide bonds. The van der Waals surface area contributed by atoms with Gasteiger partial charge in [0.05, 0.1) is 6.33 Å². The van der Waals surface area contributed by atoms with Gasteiger partial charge in [0.1, 0.15) is 6.54 Å². The molecule has 0 fully saturated rings. The summed E-state index contributed by atoms with van der Waals surface area (Å²) in [6.45, 7) is -1.21. The number of carboxylic acid groups (broad SMARTS) is 1. The summed E-state index contributed by atoms with van der Waals surface area (Å²) < 4.78 is 25.8. The van der Waals surface area contributed by atoms with Crippen molar-refractivity contribution < 1.29 is 18.7 Å². The third-order valence-electron chi connectivity index (χ3n) is 1.47. The molecule has 14 heavy (non-hydrogen) atoms. The number of nitrogens with zero attached hydrogens (tertiary/aromatic N) is 2. The van der Waals surface area contributed by atoms with Crippen LogP contribution in [-0.2, 0) is 11.3 Å². The third kappa shape index (κ3) is 2.12. The van der Waals surface area contributed by atoms with Gasteiger partial charge in [0.25, 0.3) is 5.56 Å². The normalized spacial score (nSPS) is 11.3. The number of hydrogen-bond acceptors (Lipinski definition) is 3. The molecule has 0 aromatic carbocycles. The van der Waals surface area contributed by atoms with Crippen LogP contribution in [0.4, 0.5) is 8.78 Å². The van der Waals surface area contributed by atoms with E-state index in [0.717, 1.165) is 18.6 Å². The van der Waals surface area contributed by atoms with E-state index in [9.17, 15) is 18.4 Å². The quantitative estimate of drug-likeness (QED) is 0.749. The van der Waals surface area contributed by atoms with E-state index in [1.807, 2.05) is 0 Å². The van der Waals surface area contributed by atoms with Gasteiger partial charge < -0.3 is 5.11 Å². The zero-order chi connectivity index (χ0) is 10.8. The second-order valence-corrected chi connectivity index (χ2v) is 2.56. The number of alkyl halides is 2. The molecule has 7 heteroatoms. The molecular formula is C7H6F2N2O3. The molecule has 0 unspecified atom stereocenters. The predicted octanol–water partition coefficient (Wildman–Crippen LogP) is -0.0368. The van der Waals surface area contributed by atoms with Crippen LogP contribution in [0.25, 0.3) is 0 Å². The molecule has 0 radical (unpaired) electrons. The first-order valence-corrected chi connectivity index (χ1v) is 3.55. The summed E-state index contributed by atoms with van der Waals surface area (Å²) in [4.78, 5) is 24.4. The van der Waals surface area contributed by atoms with Gasteiger partial charge in [-0.3, -0.25) is 9.36 Å². The molecule has 0 aliphatic rings. The summed E-state index contributed by atoms with van der Waals surface area (Å²) >= 11 is 0. The van der Waals surface area contributed by atoms with Crippen LogP contribution in [0.1, 0.15) is 0 Å². The maximum absolute atomic E-state index is 12.6. The average molecular weight is 204 g/mol. The SMILES string of the molecule is O=C(O)C(F)(F)Cn1cnccc1=O. The van der Waals surface area contributed by atoms with Crippen LogP contribution in [0.5, 0.6) is 0 Å². The number of aliphatic carboxylic acids is 1. The minimum absolute atomic E-state index is 0.536. The van der Waals surface area contributed by atoms with Gasteiger partial charge in [-0.1, -0.05) is 0 Å². The summed E-state index contributed by atoms with van der Waals surface area (Å²) in [6, 6.07) is 0.970. The van der Waals surface area contributed by atoms with E-state index in [4.69, 9.17) is 5.11 Å². The van der Waals surface area contributed by atoms with Gasteiger partial charge in [-0.05, 0) is 0 Å². The lowest BCUT2D eigenvalue weighted by Gasteiger charge is -2.11. The highest BCUT2D eigenvalue weighted by molar-refractivity contribution is 5.75. The maximum Gasteiger partial charge on any atom is 0.376 e. The number of halogens is 2. The van der Waals surface area contributed by atoms with Crippen molar-refractivity contribution in [1.82, 2.24) is 9.55 Å². The van der Waals surface area contributed by atoms with E-state index in [-0.39, 0.29) is 0 Å². The minimum atomic E-state index is -3.97. The van der Waals surface area contributed by atoms with Gasteiger partial charge in [0.2, 0.25) is 0 Å². The summed E-state index contributed by atoms with van der Waals surface area (Å²) in [5.74, 6) is -6.24. The van der Waals surface area contributed by atoms with E-state index in [2.05, 4.69) is 4.98 Å². The van der Waals surface area contributed by atoms with Gasteiger partial charge >= 0.3 is 11.9 Å². The van der Waals surface area contributed by atoms with E-state index in [0.29, 0.717) is 4.57 Å². The first-order valence-electron chi connectivity index (χ1n) is 3.55. The highest BCUT2D eigenvalue weighted by Gasteiger charge is 2.39. The topological polar surface area (TPSA) is 72.2 Å². The van der Waals surface area contributed by atoms with Crippen LogP contribution in [0.3, 0.4) is 0 Å². The van der Waals surface area contributed by atoms with Crippen LogP contribution in [0.2, 0.25) is 0 Å². The lowest BCUT2D eigenvalue weighted by Crippen LogP contribution is -2.37. The Hall–Kier alpha value is -1.79. The van der Waals surface area contributed by atoms with Crippen LogP contribution < -0.4 is 5.56 Å². The highest BCUT2D eigenvalue weighted by Crippen LogP contribution is 2.14. The van der Waals surface area contributed by atoms with Gasteiger partial charge in [-0.2, -0.15) is 8.78 Å². The zero-order valence-corrected chi connectivity index (χ0v) is 6.85. The second-order valence-electron chi connectivity index (χ2n) is 2.56. The molecule has 0 aliphatic heterocycles. The Labute approximate surface area is 76.6 Å². The predicted molar refractivity (Wildman–Crippen MR) is 41.1 cm³/mol. The van der Waals surface area contributed by atoms with Gasteiger partial charge in [0, 0.05) is 12.3 Å². The Morgan fingerprint density at radius 1 is 1.64 bits per heavy atom. The first-order chi connectivity index (χ1) is 6.43. The van der Waals surface area contributed by atoms with Crippen molar-refractivity contribution in [2.75, 3.05) is 0 Å². The fourth-order valence-electron chi connectivity index (χ4n) is 0.779. The molecule has 1 aromatic heterocycles. The van der Waals surface area contributed by atoms with Crippen molar-refractivity contribution in [3.8, 4) is 0 Å². The molecule has 0 saturated heterocycles. The Morgan fingerprint density at radius 2 is 2.29 bits per heavy atom. The molecule has 1 rings (SSSR count). The first kappa shape index (κ1) is 10.3. The smallest absolute Gasteiger partial charge is 0.376 e. The largest absolute Gasteiger partial charge is 0.477 e. The molecule has 0 aliphatic carbocycles. The standard InChI is InChI=1S/C7H6F2N2O3/c8-7(9,6(13)14)3-11-4-10-2-1-5(11)12/h1-2,4H,3H2,(H,13,14). The van der Waals surface area contributed by atoms with Crippen LogP contribution in [0.15, 0.2) is 23.4 Å². The molecule has 1 aromatic rings. The van der Waals surface area contributed by atoms with Crippen LogP contribution in [0, 0.1) is 0 Å². The lowest BCUT2D eigenvalue weighted by atomic mass is 10.3. The minimum Gasteiger partial charge on any atom is -0.477 e. The molecule has 0 spiro atoms. The molecular weight excluding hydrogens is 198 g/mol. The summed E-state index contributed by atoms with van der Waals surface area (Å²) in [6.07, 6.45) is 2.00. The van der Waals surface area contributed by atoms with E-state index >= 15 is 0 Å². The monoisotopic (exact) mass is 204 g/mol. The van der Waals surface area contributed by atoms with Gasteiger partial charge in [0.15, 0.2) is 0 Å². The van der Waals surface area contributed by atoms with Gasteiger partial charge in [-0.15, -0.1) is 0 Å². The Morgan fingerprint density at radius 3 is 2.79 bits per heavy atom. The number of carboxylic acids is 1. The molecule has 0 bridgehead atoms. The van der Waals surface area contributed by atoms with Crippen molar-refractivity contribution in [2.45, 2.75) is 12.5 Å². The van der Waals surface area contributed by atoms with E-state index in [1.54, 1.807) is 0 Å². The van der Waals surface area contributed by atoms with Gasteiger partial charge in [-0.25, -0.2) is 9.78 Å². The molecule has 1 heterocycles. The number of rotatable bonds is 3. The Balaban J connectivity index is 2.95. The zero-order valence-electron chi connectivity index (χ0n) is 6.85. The number of carbonyl (C=O) groups is 1. The van der Waals surface area contributed by atoms with Crippen molar-refractivity contribution in [3.63, 3.8) is 0 Å². The molecule has 0 atom stereocenters. The fourth-order valence-corrected chi connectivity index (χ4v) is 0.779. The Bertz CT molecular complexity index is 402. The van der Waals surface area contributed by atoms with E-state index in [1.165, 1.54) is 0 Å². The average Bonchev–Trinajstić information content (AvgIpc) is 2.08. The fraction of sp³-hybridized carbons (Fsp3) is 0.286. The van der Waals surface area contributed by atoms with Crippen molar-refractivity contribution in [2.24, 2.45) is 0 Å². The summed E-state index contributed by atoms with van der Waals surface area (Å²) in [5.41, 5.74) is -0.721. The third-order valence-corrected chi connectivity index (χ3v) is 1.47. The number of aromatic nitrogens is 2.